The van der Waals surface area contributed by atoms with E-state index in [2.05, 4.69) is 5.32 Å². The van der Waals surface area contributed by atoms with Gasteiger partial charge in [-0.1, -0.05) is 0 Å². The number of nitrogen functional groups attached to an aromatic ring is 1. The molecule has 0 saturated heterocycles. The lowest BCUT2D eigenvalue weighted by molar-refractivity contribution is 0.0942. The fourth-order valence-electron chi connectivity index (χ4n) is 2.88. The Kier molecular flexibility index (Phi) is 2.58. The predicted molar refractivity (Wildman–Crippen MR) is 72.3 cm³/mol. The zero-order chi connectivity index (χ0) is 12.8. The van der Waals surface area contributed by atoms with Crippen molar-refractivity contribution in [2.45, 2.75) is 32.6 Å². The summed E-state index contributed by atoms with van der Waals surface area (Å²) in [5.41, 5.74) is 8.56. The fraction of sp³-hybridized carbons (Fsp3) is 0.533. The number of amides is 1. The van der Waals surface area contributed by atoms with Gasteiger partial charge in [-0.25, -0.2) is 0 Å². The van der Waals surface area contributed by atoms with E-state index in [1.165, 1.54) is 25.7 Å². The van der Waals surface area contributed by atoms with Crippen molar-refractivity contribution < 1.29 is 4.79 Å². The highest BCUT2D eigenvalue weighted by Crippen LogP contribution is 2.60. The van der Waals surface area contributed by atoms with E-state index in [0.717, 1.165) is 23.6 Å². The molecule has 2 fully saturated rings. The summed E-state index contributed by atoms with van der Waals surface area (Å²) in [6.07, 6.45) is 5.30. The zero-order valence-corrected chi connectivity index (χ0v) is 10.8. The summed E-state index contributed by atoms with van der Waals surface area (Å²) in [6, 6.07) is 5.45. The molecule has 2 aliphatic carbocycles. The fourth-order valence-corrected chi connectivity index (χ4v) is 2.88. The topological polar surface area (TPSA) is 55.1 Å². The normalized spacial score (nSPS) is 20.5. The Morgan fingerprint density at radius 2 is 2.17 bits per heavy atom. The van der Waals surface area contributed by atoms with Gasteiger partial charge in [-0.2, -0.15) is 0 Å². The Labute approximate surface area is 108 Å². The van der Waals surface area contributed by atoms with Crippen molar-refractivity contribution in [3.05, 3.63) is 29.3 Å². The third-order valence-electron chi connectivity index (χ3n) is 4.43. The standard InChI is InChI=1S/C15H20N2O/c1-10-8-12(16)4-5-13(10)14(18)17-9-15(6-7-15)11-2-3-11/h4-5,8,11H,2-3,6-7,9,16H2,1H3,(H,17,18). The van der Waals surface area contributed by atoms with E-state index >= 15 is 0 Å². The van der Waals surface area contributed by atoms with Crippen LogP contribution in [0.25, 0.3) is 0 Å². The second-order valence-corrected chi connectivity index (χ2v) is 5.89. The van der Waals surface area contributed by atoms with E-state index in [1.807, 2.05) is 19.1 Å². The predicted octanol–water partition coefficient (Wildman–Crippen LogP) is 2.50. The van der Waals surface area contributed by atoms with Crippen LogP contribution < -0.4 is 11.1 Å². The summed E-state index contributed by atoms with van der Waals surface area (Å²) in [5.74, 6) is 0.921. The van der Waals surface area contributed by atoms with Gasteiger partial charge in [0, 0.05) is 17.8 Å². The number of aryl methyl sites for hydroxylation is 1. The van der Waals surface area contributed by atoms with Gasteiger partial charge in [0.25, 0.3) is 5.91 Å². The summed E-state index contributed by atoms with van der Waals surface area (Å²) >= 11 is 0. The molecule has 3 nitrogen and oxygen atoms in total. The molecular formula is C15H20N2O. The molecule has 1 aromatic rings. The molecule has 1 amide bonds. The van der Waals surface area contributed by atoms with Gasteiger partial charge in [0.05, 0.1) is 0 Å². The molecule has 2 saturated carbocycles. The van der Waals surface area contributed by atoms with Crippen LogP contribution in [0.15, 0.2) is 18.2 Å². The van der Waals surface area contributed by atoms with Crippen LogP contribution in [-0.2, 0) is 0 Å². The molecule has 0 aliphatic heterocycles. The minimum Gasteiger partial charge on any atom is -0.399 e. The molecule has 3 N–H and O–H groups in total. The van der Waals surface area contributed by atoms with E-state index in [9.17, 15) is 4.79 Å². The second-order valence-electron chi connectivity index (χ2n) is 5.89. The number of anilines is 1. The SMILES string of the molecule is Cc1cc(N)ccc1C(=O)NCC1(C2CC2)CC1. The Hall–Kier alpha value is -1.51. The first-order chi connectivity index (χ1) is 8.61. The average Bonchev–Trinajstić information content (AvgIpc) is 3.17. The summed E-state index contributed by atoms with van der Waals surface area (Å²) in [7, 11) is 0. The molecule has 18 heavy (non-hydrogen) atoms. The molecule has 1 aromatic carbocycles. The maximum Gasteiger partial charge on any atom is 0.251 e. The number of nitrogens with two attached hydrogens (primary N) is 1. The van der Waals surface area contributed by atoms with Gasteiger partial charge in [-0.3, -0.25) is 4.79 Å². The van der Waals surface area contributed by atoms with Crippen LogP contribution in [0.2, 0.25) is 0 Å². The Morgan fingerprint density at radius 1 is 1.44 bits per heavy atom. The highest BCUT2D eigenvalue weighted by atomic mass is 16.1. The molecule has 0 bridgehead atoms. The second kappa shape index (κ2) is 4.01. The lowest BCUT2D eigenvalue weighted by Crippen LogP contribution is -2.31. The number of hydrogen-bond donors (Lipinski definition) is 2. The molecule has 0 radical (unpaired) electrons. The van der Waals surface area contributed by atoms with E-state index in [4.69, 9.17) is 5.73 Å². The molecule has 96 valence electrons. The Balaban J connectivity index is 1.64. The van der Waals surface area contributed by atoms with E-state index in [-0.39, 0.29) is 5.91 Å². The first-order valence-electron chi connectivity index (χ1n) is 6.75. The van der Waals surface area contributed by atoms with Crippen LogP contribution in [0.1, 0.15) is 41.6 Å². The van der Waals surface area contributed by atoms with Crippen molar-refractivity contribution in [3.8, 4) is 0 Å². The van der Waals surface area contributed by atoms with Crippen molar-refractivity contribution >= 4 is 11.6 Å². The smallest absolute Gasteiger partial charge is 0.251 e. The number of benzene rings is 1. The number of carbonyl (C=O) groups is 1. The number of nitrogens with one attached hydrogen (secondary N) is 1. The van der Waals surface area contributed by atoms with Crippen molar-refractivity contribution in [3.63, 3.8) is 0 Å². The van der Waals surface area contributed by atoms with Gasteiger partial charge in [-0.15, -0.1) is 0 Å². The van der Waals surface area contributed by atoms with Gasteiger partial charge in [0.15, 0.2) is 0 Å². The quantitative estimate of drug-likeness (QED) is 0.799. The lowest BCUT2D eigenvalue weighted by Gasteiger charge is -2.15. The minimum atomic E-state index is 0.0411. The molecule has 2 aliphatic rings. The van der Waals surface area contributed by atoms with E-state index in [1.54, 1.807) is 6.07 Å². The van der Waals surface area contributed by atoms with Crippen molar-refractivity contribution in [1.82, 2.24) is 5.32 Å². The molecule has 0 aromatic heterocycles. The lowest BCUT2D eigenvalue weighted by atomic mass is 10.0. The van der Waals surface area contributed by atoms with Gasteiger partial charge in [-0.05, 0) is 67.7 Å². The van der Waals surface area contributed by atoms with Crippen molar-refractivity contribution in [2.24, 2.45) is 11.3 Å². The molecule has 3 rings (SSSR count). The third-order valence-corrected chi connectivity index (χ3v) is 4.43. The first kappa shape index (κ1) is 11.6. The molecule has 0 spiro atoms. The number of hydrogen-bond acceptors (Lipinski definition) is 2. The van der Waals surface area contributed by atoms with Gasteiger partial charge in [0.1, 0.15) is 0 Å². The summed E-state index contributed by atoms with van der Waals surface area (Å²) in [5, 5.41) is 3.10. The van der Waals surface area contributed by atoms with Crippen LogP contribution in [0.5, 0.6) is 0 Å². The number of carbonyl (C=O) groups excluding carboxylic acids is 1. The maximum atomic E-state index is 12.1. The van der Waals surface area contributed by atoms with Gasteiger partial charge >= 0.3 is 0 Å². The summed E-state index contributed by atoms with van der Waals surface area (Å²) in [6.45, 7) is 2.78. The van der Waals surface area contributed by atoms with Crippen LogP contribution >= 0.6 is 0 Å². The average molecular weight is 244 g/mol. The first-order valence-corrected chi connectivity index (χ1v) is 6.75. The van der Waals surface area contributed by atoms with Gasteiger partial charge < -0.3 is 11.1 Å². The maximum absolute atomic E-state index is 12.1. The Bertz CT molecular complexity index is 487. The van der Waals surface area contributed by atoms with Crippen LogP contribution in [-0.4, -0.2) is 12.5 Å². The van der Waals surface area contributed by atoms with Crippen molar-refractivity contribution in [2.75, 3.05) is 12.3 Å². The molecule has 0 unspecified atom stereocenters. The van der Waals surface area contributed by atoms with E-state index < -0.39 is 0 Å². The number of rotatable bonds is 4. The minimum absolute atomic E-state index is 0.0411. The monoisotopic (exact) mass is 244 g/mol. The summed E-state index contributed by atoms with van der Waals surface area (Å²) < 4.78 is 0. The molecule has 0 heterocycles. The molecular weight excluding hydrogens is 224 g/mol. The summed E-state index contributed by atoms with van der Waals surface area (Å²) in [4.78, 5) is 12.1. The zero-order valence-electron chi connectivity index (χ0n) is 10.8. The molecule has 0 atom stereocenters. The van der Waals surface area contributed by atoms with Crippen molar-refractivity contribution in [1.29, 1.82) is 0 Å². The Morgan fingerprint density at radius 3 is 2.72 bits per heavy atom. The highest BCUT2D eigenvalue weighted by Gasteiger charge is 2.53. The van der Waals surface area contributed by atoms with E-state index in [0.29, 0.717) is 11.1 Å². The highest BCUT2D eigenvalue weighted by molar-refractivity contribution is 5.96. The largest absolute Gasteiger partial charge is 0.399 e. The third kappa shape index (κ3) is 2.09. The van der Waals surface area contributed by atoms with Crippen LogP contribution in [0.4, 0.5) is 5.69 Å². The molecule has 3 heteroatoms. The van der Waals surface area contributed by atoms with Gasteiger partial charge in [0.2, 0.25) is 0 Å². The van der Waals surface area contributed by atoms with Crippen LogP contribution in [0, 0.1) is 18.3 Å². The van der Waals surface area contributed by atoms with Crippen LogP contribution in [0.3, 0.4) is 0 Å².